The van der Waals surface area contributed by atoms with E-state index in [9.17, 15) is 14.0 Å². The van der Waals surface area contributed by atoms with Crippen LogP contribution >= 0.6 is 0 Å². The number of carbonyl (C=O) groups is 2. The minimum Gasteiger partial charge on any atom is -0.477 e. The summed E-state index contributed by atoms with van der Waals surface area (Å²) >= 11 is 0. The van der Waals surface area contributed by atoms with Gasteiger partial charge in [0.1, 0.15) is 6.17 Å². The highest BCUT2D eigenvalue weighted by Crippen LogP contribution is 2.08. The summed E-state index contributed by atoms with van der Waals surface area (Å²) in [6.07, 6.45) is 1.61. The first-order valence-corrected chi connectivity index (χ1v) is 7.21. The lowest BCUT2D eigenvalue weighted by Crippen LogP contribution is -2.45. The lowest BCUT2D eigenvalue weighted by atomic mass is 10.1. The second-order valence-electron chi connectivity index (χ2n) is 5.84. The summed E-state index contributed by atoms with van der Waals surface area (Å²) in [6.45, 7) is 3.16. The molecule has 0 heterocycles. The molecule has 1 unspecified atom stereocenters. The lowest BCUT2D eigenvalue weighted by molar-refractivity contribution is -0.883. The third-order valence-electron chi connectivity index (χ3n) is 3.11. The van der Waals surface area contributed by atoms with Crippen molar-refractivity contribution >= 4 is 11.9 Å². The van der Waals surface area contributed by atoms with Gasteiger partial charge in [-0.05, 0) is 12.8 Å². The fraction of sp³-hybridized carbons (Fsp3) is 0.857. The van der Waals surface area contributed by atoms with E-state index in [0.29, 0.717) is 30.4 Å². The van der Waals surface area contributed by atoms with Crippen molar-refractivity contribution in [3.63, 3.8) is 0 Å². The van der Waals surface area contributed by atoms with E-state index in [1.807, 2.05) is 21.0 Å². The maximum atomic E-state index is 13.2. The Morgan fingerprint density at radius 3 is 2.50 bits per heavy atom. The zero-order valence-electron chi connectivity index (χ0n) is 12.8. The number of hydrogen-bond donors (Lipinski definition) is 2. The number of likely N-dealkylation sites (N-methyl/N-ethyl adjacent to an activating group) is 1. The van der Waals surface area contributed by atoms with Crippen LogP contribution in [0.3, 0.4) is 0 Å². The number of aliphatic carboxylic acids is 1. The van der Waals surface area contributed by atoms with Crippen LogP contribution in [0.25, 0.3) is 0 Å². The van der Waals surface area contributed by atoms with Crippen molar-refractivity contribution < 1.29 is 23.6 Å². The number of rotatable bonds is 11. The van der Waals surface area contributed by atoms with Crippen LogP contribution in [0.1, 0.15) is 39.0 Å². The van der Waals surface area contributed by atoms with Crippen LogP contribution in [0.4, 0.5) is 4.39 Å². The number of halogens is 1. The molecule has 0 bridgehead atoms. The molecule has 0 fully saturated rings. The average Bonchev–Trinajstić information content (AvgIpc) is 2.31. The quantitative estimate of drug-likeness (QED) is 0.448. The minimum atomic E-state index is -0.892. The smallest absolute Gasteiger partial charge is 0.359 e. The second-order valence-corrected chi connectivity index (χ2v) is 5.84. The summed E-state index contributed by atoms with van der Waals surface area (Å²) in [6, 6.07) is 0. The van der Waals surface area contributed by atoms with E-state index < -0.39 is 12.1 Å². The maximum Gasteiger partial charge on any atom is 0.359 e. The fourth-order valence-electron chi connectivity index (χ4n) is 2.01. The van der Waals surface area contributed by atoms with Gasteiger partial charge >= 0.3 is 5.97 Å². The number of quaternary nitrogens is 1. The Bertz CT molecular complexity index is 309. The Hall–Kier alpha value is -1.17. The predicted octanol–water partition coefficient (Wildman–Crippen LogP) is 1.57. The molecule has 5 nitrogen and oxygen atoms in total. The molecule has 0 aliphatic rings. The zero-order chi connectivity index (χ0) is 15.6. The first-order chi connectivity index (χ1) is 9.26. The van der Waals surface area contributed by atoms with Crippen LogP contribution in [0.15, 0.2) is 0 Å². The molecule has 1 atom stereocenters. The number of nitrogens with one attached hydrogen (secondary N) is 1. The molecule has 1 amide bonds. The van der Waals surface area contributed by atoms with Crippen LogP contribution in [0.2, 0.25) is 0 Å². The van der Waals surface area contributed by atoms with E-state index in [-0.39, 0.29) is 25.3 Å². The van der Waals surface area contributed by atoms with Crippen molar-refractivity contribution in [1.29, 1.82) is 0 Å². The number of carboxylic acids is 1. The first kappa shape index (κ1) is 18.8. The molecule has 0 aromatic carbocycles. The topological polar surface area (TPSA) is 66.4 Å². The summed E-state index contributed by atoms with van der Waals surface area (Å²) in [7, 11) is 3.68. The number of hydrogen-bond acceptors (Lipinski definition) is 2. The Balaban J connectivity index is 3.69. The molecule has 0 aliphatic carbocycles. The summed E-state index contributed by atoms with van der Waals surface area (Å²) in [5, 5.41) is 11.5. The van der Waals surface area contributed by atoms with Gasteiger partial charge in [0.25, 0.3) is 0 Å². The summed E-state index contributed by atoms with van der Waals surface area (Å²) in [5.74, 6) is -0.962. The van der Waals surface area contributed by atoms with Crippen LogP contribution in [-0.2, 0) is 9.59 Å². The van der Waals surface area contributed by atoms with Gasteiger partial charge in [-0.25, -0.2) is 9.18 Å². The number of amides is 1. The third kappa shape index (κ3) is 10.7. The van der Waals surface area contributed by atoms with Crippen LogP contribution < -0.4 is 5.32 Å². The fourth-order valence-corrected chi connectivity index (χ4v) is 2.01. The Morgan fingerprint density at radius 1 is 1.30 bits per heavy atom. The first-order valence-electron chi connectivity index (χ1n) is 7.21. The van der Waals surface area contributed by atoms with Crippen LogP contribution in [0, 0.1) is 0 Å². The van der Waals surface area contributed by atoms with Crippen molar-refractivity contribution in [2.45, 2.75) is 45.2 Å². The number of alkyl halides is 1. The Kier molecular flexibility index (Phi) is 9.12. The molecule has 0 aromatic heterocycles. The van der Waals surface area contributed by atoms with Crippen LogP contribution in [-0.4, -0.2) is 61.4 Å². The standard InChI is InChI=1S/C14H27FN2O3/c1-4-6-12(15)7-8-13(18)16-9-5-10-17(2,3)11-14(19)20/h12H,4-11H2,1-3H3,(H-,16,18,19,20)/p+1. The van der Waals surface area contributed by atoms with E-state index >= 15 is 0 Å². The van der Waals surface area contributed by atoms with E-state index in [1.54, 1.807) is 0 Å². The zero-order valence-corrected chi connectivity index (χ0v) is 12.8. The van der Waals surface area contributed by atoms with Crippen molar-refractivity contribution in [3.05, 3.63) is 0 Å². The van der Waals surface area contributed by atoms with Crippen molar-refractivity contribution in [3.8, 4) is 0 Å². The largest absolute Gasteiger partial charge is 0.477 e. The molecular weight excluding hydrogens is 263 g/mol. The van der Waals surface area contributed by atoms with Gasteiger partial charge in [0.05, 0.1) is 20.6 Å². The third-order valence-corrected chi connectivity index (χ3v) is 3.11. The molecule has 0 saturated heterocycles. The van der Waals surface area contributed by atoms with Crippen molar-refractivity contribution in [2.75, 3.05) is 33.7 Å². The maximum absolute atomic E-state index is 13.2. The summed E-state index contributed by atoms with van der Waals surface area (Å²) in [5.41, 5.74) is 0. The second kappa shape index (κ2) is 9.69. The van der Waals surface area contributed by atoms with E-state index in [2.05, 4.69) is 5.32 Å². The normalized spacial score (nSPS) is 13.0. The van der Waals surface area contributed by atoms with Crippen molar-refractivity contribution in [1.82, 2.24) is 5.32 Å². The van der Waals surface area contributed by atoms with E-state index in [0.717, 1.165) is 6.42 Å². The monoisotopic (exact) mass is 291 g/mol. The van der Waals surface area contributed by atoms with Gasteiger partial charge in [-0.1, -0.05) is 13.3 Å². The van der Waals surface area contributed by atoms with Gasteiger partial charge in [0.15, 0.2) is 6.54 Å². The molecule has 6 heteroatoms. The number of carboxylic acid groups (broad SMARTS) is 1. The number of nitrogens with zero attached hydrogens (tertiary/aromatic N) is 1. The van der Waals surface area contributed by atoms with Crippen molar-refractivity contribution in [2.24, 2.45) is 0 Å². The van der Waals surface area contributed by atoms with Crippen LogP contribution in [0.5, 0.6) is 0 Å². The van der Waals surface area contributed by atoms with E-state index in [1.165, 1.54) is 0 Å². The van der Waals surface area contributed by atoms with Gasteiger partial charge in [-0.2, -0.15) is 0 Å². The molecule has 0 spiro atoms. The molecule has 0 aromatic rings. The molecule has 20 heavy (non-hydrogen) atoms. The Morgan fingerprint density at radius 2 is 1.95 bits per heavy atom. The predicted molar refractivity (Wildman–Crippen MR) is 76.1 cm³/mol. The van der Waals surface area contributed by atoms with E-state index in [4.69, 9.17) is 5.11 Å². The average molecular weight is 291 g/mol. The molecule has 0 radical (unpaired) electrons. The highest BCUT2D eigenvalue weighted by atomic mass is 19.1. The molecular formula is C14H28FN2O3+. The lowest BCUT2D eigenvalue weighted by Gasteiger charge is -2.27. The molecule has 0 aliphatic heterocycles. The molecule has 2 N–H and O–H groups in total. The molecule has 118 valence electrons. The minimum absolute atomic E-state index is 0.0640. The number of carbonyl (C=O) groups excluding carboxylic acids is 1. The molecule has 0 saturated carbocycles. The van der Waals surface area contributed by atoms with Gasteiger partial charge in [-0.3, -0.25) is 4.79 Å². The summed E-state index contributed by atoms with van der Waals surface area (Å²) < 4.78 is 13.6. The molecule has 0 rings (SSSR count). The highest BCUT2D eigenvalue weighted by molar-refractivity contribution is 5.75. The Labute approximate surface area is 120 Å². The van der Waals surface area contributed by atoms with Gasteiger partial charge in [0.2, 0.25) is 5.91 Å². The van der Waals surface area contributed by atoms with Gasteiger partial charge < -0.3 is 14.9 Å². The SMILES string of the molecule is CCCC(F)CCC(=O)NCCC[N+](C)(C)CC(=O)O. The van der Waals surface area contributed by atoms with Gasteiger partial charge in [0, 0.05) is 19.4 Å². The summed E-state index contributed by atoms with van der Waals surface area (Å²) in [4.78, 5) is 22.1. The highest BCUT2D eigenvalue weighted by Gasteiger charge is 2.18. The van der Waals surface area contributed by atoms with Gasteiger partial charge in [-0.15, -0.1) is 0 Å².